The number of carbonyl (C=O) groups excluding carboxylic acids is 2. The van der Waals surface area contributed by atoms with Gasteiger partial charge in [-0.2, -0.15) is 0 Å². The van der Waals surface area contributed by atoms with E-state index in [1.54, 1.807) is 10.6 Å². The van der Waals surface area contributed by atoms with Crippen molar-refractivity contribution in [3.63, 3.8) is 0 Å². The number of pyridine rings is 2. The number of cyclic esters (lactones) is 1. The SMILES string of the molecule is CC.CC(N)=O.O=C1OCc2c(cc3n(c2=O)Cc2c-3nc3cc(F)c(Cl)c4c3c2CCC4)C1O. The number of amides is 1. The molecule has 0 saturated carbocycles. The first-order valence-corrected chi connectivity index (χ1v) is 11.8. The molecule has 0 spiro atoms. The van der Waals surface area contributed by atoms with Gasteiger partial charge in [0.15, 0.2) is 6.10 Å². The van der Waals surface area contributed by atoms with Crippen LogP contribution in [0.2, 0.25) is 5.02 Å². The van der Waals surface area contributed by atoms with Crippen LogP contribution in [-0.4, -0.2) is 26.5 Å². The number of aromatic nitrogens is 2. The lowest BCUT2D eigenvalue weighted by Crippen LogP contribution is -2.32. The quantitative estimate of drug-likeness (QED) is 0.356. The highest BCUT2D eigenvalue weighted by molar-refractivity contribution is 6.32. The molecule has 3 aromatic rings. The van der Waals surface area contributed by atoms with Crippen molar-refractivity contribution in [2.24, 2.45) is 5.73 Å². The van der Waals surface area contributed by atoms with E-state index in [9.17, 15) is 23.9 Å². The van der Waals surface area contributed by atoms with Gasteiger partial charge in [-0.15, -0.1) is 0 Å². The van der Waals surface area contributed by atoms with Crippen LogP contribution in [0.5, 0.6) is 0 Å². The van der Waals surface area contributed by atoms with Gasteiger partial charge in [0, 0.05) is 29.5 Å². The number of hydrogen-bond acceptors (Lipinski definition) is 6. The summed E-state index contributed by atoms with van der Waals surface area (Å²) in [6.45, 7) is 5.49. The number of hydrogen-bond donors (Lipinski definition) is 2. The Morgan fingerprint density at radius 2 is 1.86 bits per heavy atom. The summed E-state index contributed by atoms with van der Waals surface area (Å²) in [5.74, 6) is -1.61. The molecule has 0 bridgehead atoms. The summed E-state index contributed by atoms with van der Waals surface area (Å²) in [7, 11) is 0. The van der Waals surface area contributed by atoms with E-state index in [4.69, 9.17) is 16.3 Å². The van der Waals surface area contributed by atoms with Gasteiger partial charge in [0.25, 0.3) is 5.56 Å². The molecule has 3 N–H and O–H groups in total. The molecular formula is C25H25ClFN3O5. The molecule has 3 aliphatic rings. The van der Waals surface area contributed by atoms with Crippen LogP contribution < -0.4 is 11.3 Å². The maximum atomic E-state index is 14.4. The second-order valence-electron chi connectivity index (χ2n) is 8.29. The summed E-state index contributed by atoms with van der Waals surface area (Å²) >= 11 is 6.23. The first-order valence-electron chi connectivity index (χ1n) is 11.4. The summed E-state index contributed by atoms with van der Waals surface area (Å²) < 4.78 is 20.9. The predicted octanol–water partition coefficient (Wildman–Crippen LogP) is 3.31. The Morgan fingerprint density at radius 1 is 1.20 bits per heavy atom. The number of aliphatic hydroxyl groups is 1. The van der Waals surface area contributed by atoms with Crippen LogP contribution in [-0.2, 0) is 40.3 Å². The van der Waals surface area contributed by atoms with E-state index in [1.165, 1.54) is 13.0 Å². The van der Waals surface area contributed by atoms with Gasteiger partial charge in [-0.05, 0) is 36.5 Å². The Balaban J connectivity index is 0.000000440. The van der Waals surface area contributed by atoms with E-state index in [0.717, 1.165) is 34.9 Å². The topological polar surface area (TPSA) is 125 Å². The Bertz CT molecular complexity index is 1450. The Morgan fingerprint density at radius 3 is 2.54 bits per heavy atom. The minimum absolute atomic E-state index is 0.141. The molecule has 0 saturated heterocycles. The number of esters is 1. The predicted molar refractivity (Wildman–Crippen MR) is 129 cm³/mol. The summed E-state index contributed by atoms with van der Waals surface area (Å²) in [5.41, 5.74) is 9.06. The molecule has 2 aromatic heterocycles. The largest absolute Gasteiger partial charge is 0.458 e. The third kappa shape index (κ3) is 3.98. The summed E-state index contributed by atoms with van der Waals surface area (Å²) in [4.78, 5) is 38.7. The Kier molecular flexibility index (Phi) is 6.66. The van der Waals surface area contributed by atoms with E-state index >= 15 is 0 Å². The van der Waals surface area contributed by atoms with Gasteiger partial charge in [0.1, 0.15) is 12.4 Å². The smallest absolute Gasteiger partial charge is 0.340 e. The number of fused-ring (bicyclic) bond motifs is 5. The zero-order valence-corrected chi connectivity index (χ0v) is 20.3. The highest BCUT2D eigenvalue weighted by atomic mass is 35.5. The molecule has 1 aromatic carbocycles. The zero-order chi connectivity index (χ0) is 25.6. The van der Waals surface area contributed by atoms with Crippen molar-refractivity contribution < 1.29 is 23.8 Å². The summed E-state index contributed by atoms with van der Waals surface area (Å²) in [5, 5.41) is 11.2. The highest BCUT2D eigenvalue weighted by Gasteiger charge is 2.35. The standard InChI is InChI=1S/C21H14ClFN2O4.C2H5NO.C2H6/c22-17-9-3-1-2-8-11-6-25-15(18(11)24-14(16(8)9)5-13(17)23)4-10-12(20(25)27)7-29-21(28)19(10)26;1-2(3)4;1-2/h4-5,19,26H,1-3,6-7H2;1H3,(H2,3,4);1-2H3. The normalized spacial score (nSPS) is 16.6. The number of halogens is 2. The minimum atomic E-state index is -1.50. The van der Waals surface area contributed by atoms with Crippen molar-refractivity contribution in [2.45, 2.75) is 59.3 Å². The number of rotatable bonds is 0. The molecule has 0 radical (unpaired) electrons. The van der Waals surface area contributed by atoms with Crippen molar-refractivity contribution in [1.29, 1.82) is 0 Å². The molecule has 4 heterocycles. The molecule has 6 rings (SSSR count). The van der Waals surface area contributed by atoms with E-state index in [1.807, 2.05) is 13.8 Å². The molecule has 0 fully saturated rings. The number of benzene rings is 1. The van der Waals surface area contributed by atoms with E-state index in [0.29, 0.717) is 29.9 Å². The fourth-order valence-electron chi connectivity index (χ4n) is 4.86. The van der Waals surface area contributed by atoms with Crippen LogP contribution in [0, 0.1) is 5.82 Å². The molecule has 10 heteroatoms. The van der Waals surface area contributed by atoms with Crippen LogP contribution in [0.15, 0.2) is 16.9 Å². The van der Waals surface area contributed by atoms with Crippen LogP contribution in [0.1, 0.15) is 61.1 Å². The third-order valence-electron chi connectivity index (χ3n) is 6.20. The van der Waals surface area contributed by atoms with Crippen molar-refractivity contribution in [1.82, 2.24) is 9.55 Å². The van der Waals surface area contributed by atoms with Gasteiger partial charge in [-0.25, -0.2) is 14.2 Å². The molecule has 8 nitrogen and oxygen atoms in total. The number of carbonyl (C=O) groups is 2. The summed E-state index contributed by atoms with van der Waals surface area (Å²) in [6.07, 6.45) is 0.823. The van der Waals surface area contributed by atoms with Gasteiger partial charge >= 0.3 is 5.97 Å². The lowest BCUT2D eigenvalue weighted by atomic mass is 9.87. The number of primary amides is 1. The second kappa shape index (κ2) is 9.39. The molecule has 1 amide bonds. The second-order valence-corrected chi connectivity index (χ2v) is 8.67. The van der Waals surface area contributed by atoms with Gasteiger partial charge in [0.05, 0.1) is 34.0 Å². The highest BCUT2D eigenvalue weighted by Crippen LogP contribution is 2.43. The molecule has 184 valence electrons. The Hall–Kier alpha value is -3.30. The molecule has 1 aliphatic carbocycles. The van der Waals surface area contributed by atoms with Crippen LogP contribution in [0.3, 0.4) is 0 Å². The number of ether oxygens (including phenoxy) is 1. The number of aliphatic hydroxyl groups excluding tert-OH is 1. The van der Waals surface area contributed by atoms with Crippen molar-refractivity contribution in [3.8, 4) is 11.4 Å². The molecular weight excluding hydrogens is 477 g/mol. The van der Waals surface area contributed by atoms with Gasteiger partial charge in [0.2, 0.25) is 5.91 Å². The van der Waals surface area contributed by atoms with Crippen LogP contribution >= 0.6 is 11.6 Å². The summed E-state index contributed by atoms with van der Waals surface area (Å²) in [6, 6.07) is 2.97. The number of nitrogens with zero attached hydrogens (tertiary/aromatic N) is 2. The molecule has 2 aliphatic heterocycles. The lowest BCUT2D eigenvalue weighted by Gasteiger charge is -2.21. The van der Waals surface area contributed by atoms with Crippen LogP contribution in [0.4, 0.5) is 4.39 Å². The Labute approximate surface area is 205 Å². The molecule has 1 atom stereocenters. The minimum Gasteiger partial charge on any atom is -0.458 e. The average Bonchev–Trinajstić information content (AvgIpc) is 3.20. The third-order valence-corrected chi connectivity index (χ3v) is 6.61. The molecule has 35 heavy (non-hydrogen) atoms. The van der Waals surface area contributed by atoms with Crippen molar-refractivity contribution >= 4 is 34.4 Å². The first-order chi connectivity index (χ1) is 16.7. The fourth-order valence-corrected chi connectivity index (χ4v) is 5.11. The lowest BCUT2D eigenvalue weighted by molar-refractivity contribution is -0.157. The maximum Gasteiger partial charge on any atom is 0.340 e. The van der Waals surface area contributed by atoms with E-state index < -0.39 is 17.9 Å². The van der Waals surface area contributed by atoms with Gasteiger partial charge < -0.3 is 20.1 Å². The average molecular weight is 502 g/mol. The number of aryl methyl sites for hydroxylation is 2. The van der Waals surface area contributed by atoms with Crippen molar-refractivity contribution in [3.05, 3.63) is 61.1 Å². The monoisotopic (exact) mass is 501 g/mol. The van der Waals surface area contributed by atoms with Gasteiger partial charge in [-0.1, -0.05) is 25.4 Å². The zero-order valence-electron chi connectivity index (χ0n) is 19.6. The van der Waals surface area contributed by atoms with Crippen molar-refractivity contribution in [2.75, 3.05) is 0 Å². The van der Waals surface area contributed by atoms with Gasteiger partial charge in [-0.3, -0.25) is 9.59 Å². The van der Waals surface area contributed by atoms with E-state index in [2.05, 4.69) is 10.7 Å². The first kappa shape index (κ1) is 24.8. The molecule has 1 unspecified atom stereocenters. The maximum absolute atomic E-state index is 14.4. The van der Waals surface area contributed by atoms with Crippen LogP contribution in [0.25, 0.3) is 22.3 Å². The number of nitrogens with two attached hydrogens (primary N) is 1. The van der Waals surface area contributed by atoms with E-state index in [-0.39, 0.29) is 34.2 Å². The fraction of sp³-hybridized carbons (Fsp3) is 0.360.